The summed E-state index contributed by atoms with van der Waals surface area (Å²) in [5.41, 5.74) is -0.0160. The minimum absolute atomic E-state index is 0.0160. The average Bonchev–Trinajstić information content (AvgIpc) is 2.39. The lowest BCUT2D eigenvalue weighted by molar-refractivity contribution is -0.131. The van der Waals surface area contributed by atoms with E-state index in [-0.39, 0.29) is 11.3 Å². The maximum Gasteiger partial charge on any atom is 0.339 e. The molecule has 0 radical (unpaired) electrons. The molecule has 5 nitrogen and oxygen atoms in total. The summed E-state index contributed by atoms with van der Waals surface area (Å²) in [6, 6.07) is 13.8. The number of benzene rings is 2. The summed E-state index contributed by atoms with van der Waals surface area (Å²) in [6.45, 7) is 1.22. The molecule has 20 heavy (non-hydrogen) atoms. The molecule has 2 heterocycles. The molecule has 0 spiro atoms. The number of fused-ring (bicyclic) bond motifs is 2. The van der Waals surface area contributed by atoms with Crippen LogP contribution in [0, 0.1) is 0 Å². The molecule has 4 rings (SSSR count). The number of hydrogen-bond donors (Lipinski definition) is 1. The number of carbonyl (C=O) groups excluding carboxylic acids is 1. The summed E-state index contributed by atoms with van der Waals surface area (Å²) in [5, 5.41) is 8.69. The maximum atomic E-state index is 10.6. The molecule has 2 bridgehead atoms. The molecule has 2 aromatic rings. The minimum atomic E-state index is -1.11. The van der Waals surface area contributed by atoms with E-state index in [1.165, 1.54) is 19.1 Å². The van der Waals surface area contributed by atoms with E-state index in [1.54, 1.807) is 12.1 Å². The van der Waals surface area contributed by atoms with Gasteiger partial charge >= 0.3 is 11.9 Å². The van der Waals surface area contributed by atoms with Crippen LogP contribution < -0.4 is 9.47 Å². The molecule has 5 heteroatoms. The zero-order valence-electron chi connectivity index (χ0n) is 10.7. The second kappa shape index (κ2) is 5.88. The summed E-state index contributed by atoms with van der Waals surface area (Å²) >= 11 is 0. The fourth-order valence-corrected chi connectivity index (χ4v) is 1.57. The van der Waals surface area contributed by atoms with E-state index in [1.807, 2.05) is 24.3 Å². The number of carbonyl (C=O) groups is 2. The lowest BCUT2D eigenvalue weighted by Gasteiger charge is -2.13. The van der Waals surface area contributed by atoms with Gasteiger partial charge in [-0.15, -0.1) is 0 Å². The smallest absolute Gasteiger partial charge is 0.339 e. The molecule has 0 amide bonds. The van der Waals surface area contributed by atoms with Crippen LogP contribution in [0.2, 0.25) is 0 Å². The number of carboxylic acids is 1. The van der Waals surface area contributed by atoms with Gasteiger partial charge in [-0.1, -0.05) is 18.2 Å². The third-order valence-electron chi connectivity index (χ3n) is 2.41. The molecular formula is C15H12O5. The number of ether oxygens (including phenoxy) is 2. The molecular weight excluding hydrogens is 260 g/mol. The van der Waals surface area contributed by atoms with Gasteiger partial charge in [-0.3, -0.25) is 4.79 Å². The van der Waals surface area contributed by atoms with Gasteiger partial charge in [0.1, 0.15) is 22.8 Å². The Hall–Kier alpha value is -2.82. The topological polar surface area (TPSA) is 72.8 Å². The van der Waals surface area contributed by atoms with Gasteiger partial charge in [0.2, 0.25) is 0 Å². The van der Waals surface area contributed by atoms with Gasteiger partial charge < -0.3 is 14.6 Å². The normalized spacial score (nSPS) is 10.2. The highest BCUT2D eigenvalue weighted by Crippen LogP contribution is 2.32. The van der Waals surface area contributed by atoms with Crippen molar-refractivity contribution in [2.45, 2.75) is 6.92 Å². The highest BCUT2D eigenvalue weighted by molar-refractivity contribution is 5.91. The molecule has 1 N–H and O–H groups in total. The van der Waals surface area contributed by atoms with E-state index in [9.17, 15) is 9.59 Å². The Labute approximate surface area is 115 Å². The van der Waals surface area contributed by atoms with Crippen LogP contribution in [0.1, 0.15) is 17.3 Å². The zero-order chi connectivity index (χ0) is 14.5. The third kappa shape index (κ3) is 3.35. The zero-order valence-corrected chi connectivity index (χ0v) is 10.7. The Bertz CT molecular complexity index is 623. The van der Waals surface area contributed by atoms with E-state index in [2.05, 4.69) is 4.74 Å². The molecule has 2 aliphatic heterocycles. The Morgan fingerprint density at radius 2 is 1.65 bits per heavy atom. The van der Waals surface area contributed by atoms with Crippen LogP contribution in [0.5, 0.6) is 17.2 Å². The number of esters is 1. The fourth-order valence-electron chi connectivity index (χ4n) is 1.57. The molecule has 0 saturated heterocycles. The highest BCUT2D eigenvalue weighted by Gasteiger charge is 2.11. The number of para-hydroxylation sites is 1. The molecule has 2 aromatic carbocycles. The van der Waals surface area contributed by atoms with Gasteiger partial charge in [-0.25, -0.2) is 4.79 Å². The standard InChI is InChI=1S/C9H8O4.C6H4O/c1-6(10)13-8-5-3-2-4-7(8)9(11)12;1-2-5-4-6(3-1)7-5/h2-5H,1H3,(H,11,12);1-4H. The van der Waals surface area contributed by atoms with E-state index in [0.717, 1.165) is 11.5 Å². The first kappa shape index (κ1) is 13.6. The predicted octanol–water partition coefficient (Wildman–Crippen LogP) is 3.10. The van der Waals surface area contributed by atoms with E-state index in [0.29, 0.717) is 0 Å². The Balaban J connectivity index is 0.000000173. The second-order valence-corrected chi connectivity index (χ2v) is 3.97. The Morgan fingerprint density at radius 1 is 1.05 bits per heavy atom. The van der Waals surface area contributed by atoms with Crippen LogP contribution in [0.3, 0.4) is 0 Å². The van der Waals surface area contributed by atoms with Gasteiger partial charge in [-0.2, -0.15) is 0 Å². The number of rotatable bonds is 2. The number of hydrogen-bond acceptors (Lipinski definition) is 4. The van der Waals surface area contributed by atoms with Crippen molar-refractivity contribution in [3.63, 3.8) is 0 Å². The number of aromatic carboxylic acids is 1. The van der Waals surface area contributed by atoms with Crippen molar-refractivity contribution in [1.82, 2.24) is 0 Å². The molecule has 0 aliphatic carbocycles. The summed E-state index contributed by atoms with van der Waals surface area (Å²) < 4.78 is 9.70. The molecule has 0 atom stereocenters. The molecule has 0 saturated carbocycles. The van der Waals surface area contributed by atoms with Gasteiger partial charge in [-0.05, 0) is 24.3 Å². The monoisotopic (exact) mass is 272 g/mol. The van der Waals surface area contributed by atoms with Crippen LogP contribution >= 0.6 is 0 Å². The van der Waals surface area contributed by atoms with Crippen LogP contribution in [0.4, 0.5) is 0 Å². The molecule has 2 aliphatic rings. The van der Waals surface area contributed by atoms with Gasteiger partial charge in [0.25, 0.3) is 0 Å². The van der Waals surface area contributed by atoms with Crippen molar-refractivity contribution >= 4 is 11.9 Å². The predicted molar refractivity (Wildman–Crippen MR) is 71.2 cm³/mol. The van der Waals surface area contributed by atoms with E-state index < -0.39 is 11.9 Å². The third-order valence-corrected chi connectivity index (χ3v) is 2.41. The minimum Gasteiger partial charge on any atom is -0.478 e. The molecule has 0 aromatic heterocycles. The van der Waals surface area contributed by atoms with Crippen molar-refractivity contribution in [3.8, 4) is 17.2 Å². The molecule has 102 valence electrons. The lowest BCUT2D eigenvalue weighted by atomic mass is 10.2. The van der Waals surface area contributed by atoms with E-state index >= 15 is 0 Å². The van der Waals surface area contributed by atoms with Crippen molar-refractivity contribution in [1.29, 1.82) is 0 Å². The average molecular weight is 272 g/mol. The summed E-state index contributed by atoms with van der Waals surface area (Å²) in [7, 11) is 0. The van der Waals surface area contributed by atoms with Crippen LogP contribution in [0.15, 0.2) is 48.5 Å². The molecule has 0 fully saturated rings. The maximum absolute atomic E-state index is 10.6. The summed E-state index contributed by atoms with van der Waals surface area (Å²) in [4.78, 5) is 21.2. The Morgan fingerprint density at radius 3 is 2.05 bits per heavy atom. The van der Waals surface area contributed by atoms with Gasteiger partial charge in [0, 0.05) is 13.0 Å². The number of carboxylic acid groups (broad SMARTS) is 1. The summed E-state index contributed by atoms with van der Waals surface area (Å²) in [5.74, 6) is 0.392. The van der Waals surface area contributed by atoms with Crippen molar-refractivity contribution < 1.29 is 24.2 Å². The first-order chi connectivity index (χ1) is 9.56. The lowest BCUT2D eigenvalue weighted by Crippen LogP contribution is -2.06. The van der Waals surface area contributed by atoms with Crippen molar-refractivity contribution in [2.24, 2.45) is 0 Å². The summed E-state index contributed by atoms with van der Waals surface area (Å²) in [6.07, 6.45) is 0. The first-order valence-corrected chi connectivity index (χ1v) is 5.85. The second-order valence-electron chi connectivity index (χ2n) is 3.97. The SMILES string of the molecule is CC(=O)Oc1ccccc1C(=O)O.c1cc2cc(c1)O2. The van der Waals surface area contributed by atoms with Crippen molar-refractivity contribution in [3.05, 3.63) is 54.1 Å². The molecule has 0 unspecified atom stereocenters. The van der Waals surface area contributed by atoms with Crippen LogP contribution in [-0.4, -0.2) is 17.0 Å². The van der Waals surface area contributed by atoms with Crippen molar-refractivity contribution in [2.75, 3.05) is 0 Å². The quantitative estimate of drug-likeness (QED) is 0.573. The van der Waals surface area contributed by atoms with Gasteiger partial charge in [0.15, 0.2) is 0 Å². The Kier molecular flexibility index (Phi) is 4.00. The van der Waals surface area contributed by atoms with Crippen LogP contribution in [0.25, 0.3) is 0 Å². The van der Waals surface area contributed by atoms with E-state index in [4.69, 9.17) is 9.84 Å². The fraction of sp³-hybridized carbons (Fsp3) is 0.0667. The van der Waals surface area contributed by atoms with Crippen LogP contribution in [-0.2, 0) is 4.79 Å². The van der Waals surface area contributed by atoms with Gasteiger partial charge in [0.05, 0.1) is 0 Å². The largest absolute Gasteiger partial charge is 0.478 e. The first-order valence-electron chi connectivity index (χ1n) is 5.85. The highest BCUT2D eigenvalue weighted by atomic mass is 16.5.